The van der Waals surface area contributed by atoms with Gasteiger partial charge < -0.3 is 10.5 Å². The number of nitrogens with two attached hydrogens (primary N) is 1. The summed E-state index contributed by atoms with van der Waals surface area (Å²) >= 11 is 0. The van der Waals surface area contributed by atoms with E-state index in [9.17, 15) is 0 Å². The predicted octanol–water partition coefficient (Wildman–Crippen LogP) is -0.420. The number of aromatic nitrogens is 2. The Morgan fingerprint density at radius 1 is 1.67 bits per heavy atom. The van der Waals surface area contributed by atoms with Gasteiger partial charge in [-0.2, -0.15) is 5.10 Å². The second kappa shape index (κ2) is 4.74. The van der Waals surface area contributed by atoms with Crippen LogP contribution in [-0.2, 0) is 18.3 Å². The minimum absolute atomic E-state index is 0.190. The van der Waals surface area contributed by atoms with Gasteiger partial charge in [0.2, 0.25) is 0 Å². The van der Waals surface area contributed by atoms with E-state index in [-0.39, 0.29) is 6.10 Å². The second-order valence-corrected chi connectivity index (χ2v) is 3.99. The molecule has 0 spiro atoms. The van der Waals surface area contributed by atoms with Crippen LogP contribution in [-0.4, -0.2) is 47.0 Å². The van der Waals surface area contributed by atoms with Crippen LogP contribution in [0.15, 0.2) is 12.4 Å². The molecule has 1 atom stereocenters. The van der Waals surface area contributed by atoms with Crippen molar-refractivity contribution in [3.63, 3.8) is 0 Å². The molecule has 0 radical (unpaired) electrons. The normalized spacial score (nSPS) is 23.2. The fourth-order valence-corrected chi connectivity index (χ4v) is 1.88. The maximum Gasteiger partial charge on any atom is 0.0824 e. The van der Waals surface area contributed by atoms with E-state index in [1.165, 1.54) is 5.56 Å². The van der Waals surface area contributed by atoms with Gasteiger partial charge in [0.05, 0.1) is 18.9 Å². The van der Waals surface area contributed by atoms with Gasteiger partial charge in [-0.25, -0.2) is 0 Å². The van der Waals surface area contributed by atoms with Crippen LogP contribution in [0.1, 0.15) is 5.56 Å². The summed E-state index contributed by atoms with van der Waals surface area (Å²) in [6.45, 7) is 4.22. The Bertz CT molecular complexity index is 312. The molecule has 2 heterocycles. The minimum atomic E-state index is 0.190. The van der Waals surface area contributed by atoms with E-state index in [2.05, 4.69) is 10.00 Å². The Kier molecular flexibility index (Phi) is 3.35. The van der Waals surface area contributed by atoms with E-state index in [4.69, 9.17) is 10.5 Å². The van der Waals surface area contributed by atoms with Crippen LogP contribution >= 0.6 is 0 Å². The molecule has 0 aromatic carbocycles. The van der Waals surface area contributed by atoms with Crippen molar-refractivity contribution < 1.29 is 4.74 Å². The highest BCUT2D eigenvalue weighted by atomic mass is 16.5. The van der Waals surface area contributed by atoms with Crippen molar-refractivity contribution in [2.75, 3.05) is 26.2 Å². The van der Waals surface area contributed by atoms with Gasteiger partial charge in [-0.05, 0) is 0 Å². The Labute approximate surface area is 89.8 Å². The highest BCUT2D eigenvalue weighted by Gasteiger charge is 2.19. The Hall–Kier alpha value is -0.910. The van der Waals surface area contributed by atoms with Crippen LogP contribution in [0, 0.1) is 0 Å². The first kappa shape index (κ1) is 10.6. The van der Waals surface area contributed by atoms with E-state index in [1.54, 1.807) is 0 Å². The maximum atomic E-state index is 5.59. The lowest BCUT2D eigenvalue weighted by Crippen LogP contribution is -2.45. The molecule has 2 rings (SSSR count). The average Bonchev–Trinajstić information content (AvgIpc) is 2.64. The summed E-state index contributed by atoms with van der Waals surface area (Å²) in [5.74, 6) is 0. The van der Waals surface area contributed by atoms with Crippen LogP contribution in [0.2, 0.25) is 0 Å². The largest absolute Gasteiger partial charge is 0.374 e. The topological polar surface area (TPSA) is 56.3 Å². The van der Waals surface area contributed by atoms with Crippen molar-refractivity contribution in [1.82, 2.24) is 14.7 Å². The van der Waals surface area contributed by atoms with Gasteiger partial charge in [0.25, 0.3) is 0 Å². The average molecular weight is 210 g/mol. The summed E-state index contributed by atoms with van der Waals surface area (Å²) in [6.07, 6.45) is 4.15. The van der Waals surface area contributed by atoms with Gasteiger partial charge in [-0.15, -0.1) is 0 Å². The van der Waals surface area contributed by atoms with E-state index >= 15 is 0 Å². The lowest BCUT2D eigenvalue weighted by atomic mass is 10.2. The summed E-state index contributed by atoms with van der Waals surface area (Å²) in [5.41, 5.74) is 6.84. The first-order valence-electron chi connectivity index (χ1n) is 5.29. The van der Waals surface area contributed by atoms with Gasteiger partial charge >= 0.3 is 0 Å². The SMILES string of the molecule is Cn1cc(CN2CCOC(CN)C2)cn1. The molecule has 0 amide bonds. The molecule has 1 saturated heterocycles. The van der Waals surface area contributed by atoms with Crippen molar-refractivity contribution in [2.24, 2.45) is 12.8 Å². The first-order valence-corrected chi connectivity index (χ1v) is 5.29. The molecule has 84 valence electrons. The van der Waals surface area contributed by atoms with Crippen molar-refractivity contribution >= 4 is 0 Å². The molecule has 0 saturated carbocycles. The van der Waals surface area contributed by atoms with Gasteiger partial charge in [0.15, 0.2) is 0 Å². The molecular weight excluding hydrogens is 192 g/mol. The quantitative estimate of drug-likeness (QED) is 0.736. The molecule has 2 N–H and O–H groups in total. The summed E-state index contributed by atoms with van der Waals surface area (Å²) in [5, 5.41) is 4.16. The third-order valence-corrected chi connectivity index (χ3v) is 2.65. The molecule has 1 fully saturated rings. The number of aryl methyl sites for hydroxylation is 1. The number of hydrogen-bond acceptors (Lipinski definition) is 4. The fraction of sp³-hybridized carbons (Fsp3) is 0.700. The van der Waals surface area contributed by atoms with Crippen molar-refractivity contribution in [1.29, 1.82) is 0 Å². The van der Waals surface area contributed by atoms with Gasteiger partial charge in [-0.3, -0.25) is 9.58 Å². The molecule has 1 aromatic heterocycles. The Morgan fingerprint density at radius 3 is 3.20 bits per heavy atom. The third-order valence-electron chi connectivity index (χ3n) is 2.65. The zero-order valence-corrected chi connectivity index (χ0v) is 9.09. The van der Waals surface area contributed by atoms with Crippen LogP contribution < -0.4 is 5.73 Å². The van der Waals surface area contributed by atoms with Gasteiger partial charge in [-0.1, -0.05) is 0 Å². The van der Waals surface area contributed by atoms with Crippen LogP contribution in [0.4, 0.5) is 0 Å². The lowest BCUT2D eigenvalue weighted by Gasteiger charge is -2.31. The molecule has 5 nitrogen and oxygen atoms in total. The summed E-state index contributed by atoms with van der Waals surface area (Å²) < 4.78 is 7.34. The molecule has 0 aliphatic carbocycles. The monoisotopic (exact) mass is 210 g/mol. The molecule has 0 bridgehead atoms. The Balaban J connectivity index is 1.88. The van der Waals surface area contributed by atoms with Crippen LogP contribution in [0.5, 0.6) is 0 Å². The predicted molar refractivity (Wildman–Crippen MR) is 57.3 cm³/mol. The first-order chi connectivity index (χ1) is 7.28. The minimum Gasteiger partial charge on any atom is -0.374 e. The third kappa shape index (κ3) is 2.77. The smallest absolute Gasteiger partial charge is 0.0824 e. The number of nitrogens with zero attached hydrogens (tertiary/aromatic N) is 3. The zero-order chi connectivity index (χ0) is 10.7. The Morgan fingerprint density at radius 2 is 2.53 bits per heavy atom. The molecule has 1 aliphatic rings. The number of ether oxygens (including phenoxy) is 1. The van der Waals surface area contributed by atoms with Gasteiger partial charge in [0, 0.05) is 45.0 Å². The van der Waals surface area contributed by atoms with Crippen molar-refractivity contribution in [3.8, 4) is 0 Å². The van der Waals surface area contributed by atoms with E-state index < -0.39 is 0 Å². The number of hydrogen-bond donors (Lipinski definition) is 1. The second-order valence-electron chi connectivity index (χ2n) is 3.99. The van der Waals surface area contributed by atoms with E-state index in [0.717, 1.165) is 26.2 Å². The van der Waals surface area contributed by atoms with Crippen molar-refractivity contribution in [2.45, 2.75) is 12.6 Å². The molecule has 5 heteroatoms. The maximum absolute atomic E-state index is 5.59. The molecule has 1 aromatic rings. The fourth-order valence-electron chi connectivity index (χ4n) is 1.88. The lowest BCUT2D eigenvalue weighted by molar-refractivity contribution is -0.0260. The van der Waals surface area contributed by atoms with E-state index in [1.807, 2.05) is 24.1 Å². The van der Waals surface area contributed by atoms with E-state index in [0.29, 0.717) is 6.54 Å². The standard InChI is InChI=1S/C10H18N4O/c1-13-6-9(5-12-13)7-14-2-3-15-10(4-11)8-14/h5-6,10H,2-4,7-8,11H2,1H3. The zero-order valence-electron chi connectivity index (χ0n) is 9.09. The van der Waals surface area contributed by atoms with Crippen LogP contribution in [0.3, 0.4) is 0 Å². The highest BCUT2D eigenvalue weighted by Crippen LogP contribution is 2.08. The molecule has 1 unspecified atom stereocenters. The number of morpholine rings is 1. The van der Waals surface area contributed by atoms with Gasteiger partial charge in [0.1, 0.15) is 0 Å². The highest BCUT2D eigenvalue weighted by molar-refractivity contribution is 5.03. The molecule has 1 aliphatic heterocycles. The van der Waals surface area contributed by atoms with Crippen LogP contribution in [0.25, 0.3) is 0 Å². The number of rotatable bonds is 3. The summed E-state index contributed by atoms with van der Waals surface area (Å²) in [4.78, 5) is 2.36. The molecule has 15 heavy (non-hydrogen) atoms. The summed E-state index contributed by atoms with van der Waals surface area (Å²) in [6, 6.07) is 0. The van der Waals surface area contributed by atoms with Crippen molar-refractivity contribution in [3.05, 3.63) is 18.0 Å². The summed E-state index contributed by atoms with van der Waals surface area (Å²) in [7, 11) is 1.94. The molecular formula is C10H18N4O.